The molecule has 0 aliphatic carbocycles. The van der Waals surface area contributed by atoms with Crippen molar-refractivity contribution in [2.45, 2.75) is 247 Å². The molecule has 0 saturated carbocycles. The van der Waals surface area contributed by atoms with Crippen molar-refractivity contribution in [3.63, 3.8) is 0 Å². The normalized spacial score (nSPS) is 13.2. The lowest BCUT2D eigenvalue weighted by atomic mass is 10.1. The molecule has 1 rings (SSSR count). The van der Waals surface area contributed by atoms with Gasteiger partial charge >= 0.3 is 5.97 Å². The molecule has 1 saturated heterocycles. The second-order valence-corrected chi connectivity index (χ2v) is 19.8. The minimum atomic E-state index is -0.0857. The summed E-state index contributed by atoms with van der Waals surface area (Å²) in [5.41, 5.74) is 0. The first-order valence-electron chi connectivity index (χ1n) is 28.6. The third-order valence-corrected chi connectivity index (χ3v) is 13.5. The number of piperazine rings is 1. The third kappa shape index (κ3) is 43.5. The topological polar surface area (TPSA) is 76.6 Å². The number of carbonyl (C=O) groups is 3. The van der Waals surface area contributed by atoms with E-state index in [0.717, 1.165) is 90.9 Å². The van der Waals surface area contributed by atoms with Crippen LogP contribution in [0.5, 0.6) is 0 Å². The van der Waals surface area contributed by atoms with Crippen LogP contribution in [0, 0.1) is 0 Å². The van der Waals surface area contributed by atoms with Crippen LogP contribution in [-0.4, -0.2) is 141 Å². The second-order valence-electron chi connectivity index (χ2n) is 19.8. The summed E-state index contributed by atoms with van der Waals surface area (Å²) in [5, 5.41) is 0. The Morgan fingerprint density at radius 3 is 1.20 bits per heavy atom. The third-order valence-electron chi connectivity index (χ3n) is 13.5. The predicted octanol–water partition coefficient (Wildman–Crippen LogP) is 13.4. The molecule has 0 bridgehead atoms. The molecule has 0 radical (unpaired) electrons. The molecular formula is C56H113N5O4. The van der Waals surface area contributed by atoms with Crippen LogP contribution >= 0.6 is 0 Å². The highest BCUT2D eigenvalue weighted by Crippen LogP contribution is 2.13. The molecule has 0 atom stereocenters. The fourth-order valence-electron chi connectivity index (χ4n) is 8.81. The van der Waals surface area contributed by atoms with E-state index in [1.54, 1.807) is 0 Å². The van der Waals surface area contributed by atoms with Gasteiger partial charge in [0.05, 0.1) is 19.7 Å². The molecule has 0 N–H and O–H groups in total. The van der Waals surface area contributed by atoms with E-state index in [2.05, 4.69) is 66.2 Å². The molecule has 1 amide bonds. The van der Waals surface area contributed by atoms with Gasteiger partial charge in [0.15, 0.2) is 0 Å². The zero-order chi connectivity index (χ0) is 47.7. The molecule has 9 heteroatoms. The van der Waals surface area contributed by atoms with E-state index in [0.29, 0.717) is 32.0 Å². The van der Waals surface area contributed by atoms with Crippen LogP contribution in [0.2, 0.25) is 0 Å². The Balaban J connectivity index is 0.00000145. The molecule has 0 aromatic heterocycles. The van der Waals surface area contributed by atoms with Gasteiger partial charge in [0, 0.05) is 45.7 Å². The highest BCUT2D eigenvalue weighted by atomic mass is 16.5. The number of hydrogen-bond acceptors (Lipinski definition) is 8. The molecule has 1 heterocycles. The lowest BCUT2D eigenvalue weighted by Gasteiger charge is -2.34. The molecule has 9 nitrogen and oxygen atoms in total. The fraction of sp³-hybridized carbons (Fsp3) is 0.946. The van der Waals surface area contributed by atoms with E-state index in [4.69, 9.17) is 4.74 Å². The number of aldehydes is 1. The average molecular weight is 921 g/mol. The summed E-state index contributed by atoms with van der Waals surface area (Å²) < 4.78 is 5.15. The molecular weight excluding hydrogens is 807 g/mol. The SMILES string of the molecule is CCCCCCCCCN(CC=O)CCCCC(=O)OCCCC.CCCCCCCCCN(CCCCCCCCC)CCN(CCCCCCCCC)CC(=O)N1CCN(C)CC1. The van der Waals surface area contributed by atoms with Crippen molar-refractivity contribution in [2.75, 3.05) is 98.7 Å². The number of unbranched alkanes of at least 4 members (excludes halogenated alkanes) is 26. The van der Waals surface area contributed by atoms with Crippen molar-refractivity contribution >= 4 is 18.2 Å². The van der Waals surface area contributed by atoms with Crippen LogP contribution in [0.1, 0.15) is 247 Å². The summed E-state index contributed by atoms with van der Waals surface area (Å²) in [6.07, 6.45) is 43.0. The van der Waals surface area contributed by atoms with E-state index >= 15 is 0 Å². The quantitative estimate of drug-likeness (QED) is 0.0339. The number of likely N-dealkylation sites (N-methyl/N-ethyl adjacent to an activating group) is 1. The van der Waals surface area contributed by atoms with Gasteiger partial charge in [-0.25, -0.2) is 0 Å². The summed E-state index contributed by atoms with van der Waals surface area (Å²) in [7, 11) is 2.17. The minimum absolute atomic E-state index is 0.0857. The van der Waals surface area contributed by atoms with Crippen LogP contribution in [0.15, 0.2) is 0 Å². The van der Waals surface area contributed by atoms with Crippen molar-refractivity contribution in [3.05, 3.63) is 0 Å². The number of hydrogen-bond donors (Lipinski definition) is 0. The Labute approximate surface area is 405 Å². The number of carbonyl (C=O) groups excluding carboxylic acids is 3. The lowest BCUT2D eigenvalue weighted by Crippen LogP contribution is -2.50. The van der Waals surface area contributed by atoms with Gasteiger partial charge in [-0.1, -0.05) is 195 Å². The Hall–Kier alpha value is -1.55. The number of amides is 1. The van der Waals surface area contributed by atoms with E-state index in [1.165, 1.54) is 193 Å². The van der Waals surface area contributed by atoms with Crippen LogP contribution in [0.25, 0.3) is 0 Å². The number of esters is 1. The van der Waals surface area contributed by atoms with Gasteiger partial charge in [0.1, 0.15) is 6.29 Å². The van der Waals surface area contributed by atoms with Gasteiger partial charge in [-0.15, -0.1) is 0 Å². The number of nitrogens with zero attached hydrogens (tertiary/aromatic N) is 5. The van der Waals surface area contributed by atoms with Crippen molar-refractivity contribution < 1.29 is 19.1 Å². The van der Waals surface area contributed by atoms with Crippen LogP contribution < -0.4 is 0 Å². The molecule has 1 aliphatic heterocycles. The molecule has 0 aromatic rings. The number of ether oxygens (including phenoxy) is 1. The first-order chi connectivity index (χ1) is 31.8. The summed E-state index contributed by atoms with van der Waals surface area (Å²) in [5.74, 6) is 0.268. The first-order valence-corrected chi connectivity index (χ1v) is 28.6. The van der Waals surface area contributed by atoms with Crippen LogP contribution in [-0.2, 0) is 19.1 Å². The smallest absolute Gasteiger partial charge is 0.305 e. The summed E-state index contributed by atoms with van der Waals surface area (Å²) in [6, 6.07) is 0. The second kappa shape index (κ2) is 50.3. The fourth-order valence-corrected chi connectivity index (χ4v) is 8.81. The Kier molecular flexibility index (Phi) is 49.1. The summed E-state index contributed by atoms with van der Waals surface area (Å²) >= 11 is 0. The molecule has 1 aliphatic rings. The molecule has 0 spiro atoms. The van der Waals surface area contributed by atoms with Crippen molar-refractivity contribution in [1.29, 1.82) is 0 Å². The monoisotopic (exact) mass is 920 g/mol. The zero-order valence-electron chi connectivity index (χ0n) is 44.7. The Morgan fingerprint density at radius 2 is 0.785 bits per heavy atom. The minimum Gasteiger partial charge on any atom is -0.466 e. The van der Waals surface area contributed by atoms with E-state index in [9.17, 15) is 14.4 Å². The zero-order valence-corrected chi connectivity index (χ0v) is 44.7. The standard InChI is InChI=1S/C36H74N4O.C20H39NO3/c1-5-8-11-14-17-20-23-26-38(27-24-21-18-15-12-9-6-2)31-32-39(28-25-22-19-16-13-10-7-3)35-36(41)40-33-29-37(4)30-34-40;1-3-5-7-8-9-10-12-15-21(17-18-22)16-13-11-14-20(23)24-19-6-4-2/h5-35H2,1-4H3;18H,3-17,19H2,1-2H3. The summed E-state index contributed by atoms with van der Waals surface area (Å²) in [6.45, 7) is 24.3. The van der Waals surface area contributed by atoms with Crippen LogP contribution in [0.3, 0.4) is 0 Å². The molecule has 1 fully saturated rings. The molecule has 386 valence electrons. The van der Waals surface area contributed by atoms with Crippen molar-refractivity contribution in [2.24, 2.45) is 0 Å². The van der Waals surface area contributed by atoms with Crippen molar-refractivity contribution in [3.8, 4) is 0 Å². The molecule has 65 heavy (non-hydrogen) atoms. The maximum atomic E-state index is 13.3. The van der Waals surface area contributed by atoms with Gasteiger partial charge in [0.2, 0.25) is 5.91 Å². The average Bonchev–Trinajstić information content (AvgIpc) is 3.30. The van der Waals surface area contributed by atoms with Crippen LogP contribution in [0.4, 0.5) is 0 Å². The van der Waals surface area contributed by atoms with Gasteiger partial charge < -0.3 is 24.2 Å². The Morgan fingerprint density at radius 1 is 0.431 bits per heavy atom. The maximum Gasteiger partial charge on any atom is 0.305 e. The number of rotatable bonds is 47. The van der Waals surface area contributed by atoms with E-state index in [1.807, 2.05) is 0 Å². The van der Waals surface area contributed by atoms with Gasteiger partial charge in [-0.05, 0) is 84.7 Å². The highest BCUT2D eigenvalue weighted by molar-refractivity contribution is 5.78. The van der Waals surface area contributed by atoms with Gasteiger partial charge in [-0.2, -0.15) is 0 Å². The maximum absolute atomic E-state index is 13.3. The largest absolute Gasteiger partial charge is 0.466 e. The van der Waals surface area contributed by atoms with Crippen molar-refractivity contribution in [1.82, 2.24) is 24.5 Å². The Bertz CT molecular complexity index is 991. The van der Waals surface area contributed by atoms with Gasteiger partial charge in [-0.3, -0.25) is 19.4 Å². The molecule has 0 aromatic carbocycles. The van der Waals surface area contributed by atoms with Gasteiger partial charge in [0.25, 0.3) is 0 Å². The lowest BCUT2D eigenvalue weighted by molar-refractivity contribution is -0.144. The van der Waals surface area contributed by atoms with E-state index < -0.39 is 0 Å². The molecule has 0 unspecified atom stereocenters. The predicted molar refractivity (Wildman–Crippen MR) is 281 cm³/mol. The van der Waals surface area contributed by atoms with E-state index in [-0.39, 0.29) is 5.97 Å². The highest BCUT2D eigenvalue weighted by Gasteiger charge is 2.21. The summed E-state index contributed by atoms with van der Waals surface area (Å²) in [4.78, 5) is 47.5. The first kappa shape index (κ1) is 63.5.